The smallest absolute Gasteiger partial charge is 0.335 e. The number of aromatic nitrogens is 6. The van der Waals surface area contributed by atoms with Gasteiger partial charge in [-0.3, -0.25) is 0 Å². The molecule has 0 saturated carbocycles. The van der Waals surface area contributed by atoms with Crippen LogP contribution in [0, 0.1) is 0 Å². The van der Waals surface area contributed by atoms with E-state index in [1.54, 1.807) is 12.4 Å². The molecule has 0 saturated heterocycles. The van der Waals surface area contributed by atoms with Crippen LogP contribution in [-0.2, 0) is 0 Å². The van der Waals surface area contributed by atoms with Crippen molar-refractivity contribution in [2.75, 3.05) is 7.11 Å². The monoisotopic (exact) mass is 178 g/mol. The van der Waals surface area contributed by atoms with Crippen LogP contribution in [0.3, 0.4) is 0 Å². The molecule has 7 heteroatoms. The minimum absolute atomic E-state index is 0.218. The Morgan fingerprint density at radius 1 is 1.23 bits per heavy atom. The fourth-order valence-electron chi connectivity index (χ4n) is 0.778. The van der Waals surface area contributed by atoms with Crippen LogP contribution in [-0.4, -0.2) is 37.3 Å². The highest BCUT2D eigenvalue weighted by atomic mass is 16.5. The molecule has 0 atom stereocenters. The molecule has 2 heterocycles. The SMILES string of the molecule is COc1ncc(-n2nccn2)nn1. The summed E-state index contributed by atoms with van der Waals surface area (Å²) in [6.07, 6.45) is 4.57. The van der Waals surface area contributed by atoms with Crippen LogP contribution in [0.4, 0.5) is 0 Å². The third-order valence-electron chi connectivity index (χ3n) is 1.33. The van der Waals surface area contributed by atoms with Crippen molar-refractivity contribution in [3.63, 3.8) is 0 Å². The highest BCUT2D eigenvalue weighted by Crippen LogP contribution is 1.99. The van der Waals surface area contributed by atoms with Crippen molar-refractivity contribution >= 4 is 0 Å². The molecular weight excluding hydrogens is 172 g/mol. The quantitative estimate of drug-likeness (QED) is 0.614. The summed E-state index contributed by atoms with van der Waals surface area (Å²) in [7, 11) is 1.48. The van der Waals surface area contributed by atoms with Gasteiger partial charge in [-0.15, -0.1) is 9.90 Å². The first-order chi connectivity index (χ1) is 6.40. The molecule has 66 valence electrons. The first-order valence-electron chi connectivity index (χ1n) is 3.50. The molecular formula is C6H6N6O. The van der Waals surface area contributed by atoms with Crippen molar-refractivity contribution in [1.82, 2.24) is 30.2 Å². The average molecular weight is 178 g/mol. The molecule has 0 aliphatic carbocycles. The van der Waals surface area contributed by atoms with Crippen LogP contribution >= 0.6 is 0 Å². The molecule has 0 aromatic carbocycles. The lowest BCUT2D eigenvalue weighted by Gasteiger charge is -1.97. The molecule has 0 N–H and O–H groups in total. The maximum Gasteiger partial charge on any atom is 0.335 e. The van der Waals surface area contributed by atoms with Gasteiger partial charge in [0.15, 0.2) is 0 Å². The van der Waals surface area contributed by atoms with E-state index in [-0.39, 0.29) is 6.01 Å². The predicted octanol–water partition coefficient (Wildman–Crippen LogP) is -0.539. The zero-order valence-corrected chi connectivity index (χ0v) is 6.82. The van der Waals surface area contributed by atoms with Gasteiger partial charge in [-0.1, -0.05) is 5.10 Å². The Kier molecular flexibility index (Phi) is 1.83. The van der Waals surface area contributed by atoms with Gasteiger partial charge in [0.2, 0.25) is 5.82 Å². The van der Waals surface area contributed by atoms with Gasteiger partial charge in [0, 0.05) is 0 Å². The zero-order chi connectivity index (χ0) is 9.10. The van der Waals surface area contributed by atoms with Gasteiger partial charge in [0.25, 0.3) is 0 Å². The van der Waals surface area contributed by atoms with Gasteiger partial charge < -0.3 is 4.74 Å². The predicted molar refractivity (Wildman–Crippen MR) is 41.3 cm³/mol. The summed E-state index contributed by atoms with van der Waals surface area (Å²) in [4.78, 5) is 5.18. The fraction of sp³-hybridized carbons (Fsp3) is 0.167. The van der Waals surface area contributed by atoms with Crippen LogP contribution in [0.1, 0.15) is 0 Å². The molecule has 0 radical (unpaired) electrons. The summed E-state index contributed by atoms with van der Waals surface area (Å²) < 4.78 is 4.75. The van der Waals surface area contributed by atoms with Crippen LogP contribution in [0.25, 0.3) is 5.82 Å². The van der Waals surface area contributed by atoms with Crippen molar-refractivity contribution in [1.29, 1.82) is 0 Å². The van der Waals surface area contributed by atoms with Crippen LogP contribution in [0.15, 0.2) is 18.6 Å². The maximum absolute atomic E-state index is 4.75. The maximum atomic E-state index is 4.75. The van der Waals surface area contributed by atoms with E-state index in [2.05, 4.69) is 25.4 Å². The van der Waals surface area contributed by atoms with Crippen LogP contribution in [0.5, 0.6) is 6.01 Å². The largest absolute Gasteiger partial charge is 0.466 e. The second kappa shape index (κ2) is 3.13. The van der Waals surface area contributed by atoms with Gasteiger partial charge in [-0.05, 0) is 0 Å². The van der Waals surface area contributed by atoms with Crippen molar-refractivity contribution in [3.05, 3.63) is 18.6 Å². The Labute approximate surface area is 73.4 Å². The summed E-state index contributed by atoms with van der Waals surface area (Å²) in [5, 5.41) is 15.2. The number of hydrogen-bond acceptors (Lipinski definition) is 6. The number of ether oxygens (including phenoxy) is 1. The van der Waals surface area contributed by atoms with Crippen molar-refractivity contribution in [2.45, 2.75) is 0 Å². The molecule has 0 aliphatic rings. The average Bonchev–Trinajstić information content (AvgIpc) is 2.71. The molecule has 0 amide bonds. The Morgan fingerprint density at radius 2 is 2.00 bits per heavy atom. The Hall–Kier alpha value is -2.05. The summed E-state index contributed by atoms with van der Waals surface area (Å²) in [5.74, 6) is 0.450. The van der Waals surface area contributed by atoms with Gasteiger partial charge >= 0.3 is 6.01 Å². The van der Waals surface area contributed by atoms with Crippen LogP contribution < -0.4 is 4.74 Å². The summed E-state index contributed by atoms with van der Waals surface area (Å²) in [5.41, 5.74) is 0. The van der Waals surface area contributed by atoms with E-state index in [1.807, 2.05) is 0 Å². The molecule has 0 bridgehead atoms. The minimum Gasteiger partial charge on any atom is -0.466 e. The first kappa shape index (κ1) is 7.59. The fourth-order valence-corrected chi connectivity index (χ4v) is 0.778. The van der Waals surface area contributed by atoms with Crippen molar-refractivity contribution in [3.8, 4) is 11.8 Å². The lowest BCUT2D eigenvalue weighted by molar-refractivity contribution is 0.372. The molecule has 2 aromatic rings. The Balaban J connectivity index is 2.33. The molecule has 7 nitrogen and oxygen atoms in total. The Bertz CT molecular complexity index is 369. The van der Waals surface area contributed by atoms with E-state index >= 15 is 0 Å². The lowest BCUT2D eigenvalue weighted by Crippen LogP contribution is -2.04. The van der Waals surface area contributed by atoms with E-state index in [1.165, 1.54) is 18.1 Å². The van der Waals surface area contributed by atoms with E-state index in [4.69, 9.17) is 4.74 Å². The standard InChI is InChI=1S/C6H6N6O/c1-13-6-7-4-5(10-11-6)12-8-2-3-9-12/h2-4H,1H3. The topological polar surface area (TPSA) is 78.6 Å². The van der Waals surface area contributed by atoms with E-state index in [9.17, 15) is 0 Å². The van der Waals surface area contributed by atoms with E-state index in [0.29, 0.717) is 5.82 Å². The number of methoxy groups -OCH3 is 1. The van der Waals surface area contributed by atoms with E-state index in [0.717, 1.165) is 0 Å². The molecule has 0 spiro atoms. The number of nitrogens with zero attached hydrogens (tertiary/aromatic N) is 6. The summed E-state index contributed by atoms with van der Waals surface area (Å²) >= 11 is 0. The van der Waals surface area contributed by atoms with Crippen molar-refractivity contribution < 1.29 is 4.74 Å². The highest BCUT2D eigenvalue weighted by Gasteiger charge is 2.01. The van der Waals surface area contributed by atoms with Crippen molar-refractivity contribution in [2.24, 2.45) is 0 Å². The molecule has 0 aliphatic heterocycles. The molecule has 0 fully saturated rings. The second-order valence-electron chi connectivity index (χ2n) is 2.12. The first-order valence-corrected chi connectivity index (χ1v) is 3.50. The zero-order valence-electron chi connectivity index (χ0n) is 6.82. The van der Waals surface area contributed by atoms with Gasteiger partial charge in [0.05, 0.1) is 25.7 Å². The van der Waals surface area contributed by atoms with E-state index < -0.39 is 0 Å². The number of hydrogen-bond donors (Lipinski definition) is 0. The van der Waals surface area contributed by atoms with Gasteiger partial charge in [-0.2, -0.15) is 15.2 Å². The second-order valence-corrected chi connectivity index (χ2v) is 2.12. The minimum atomic E-state index is 0.218. The number of rotatable bonds is 2. The third kappa shape index (κ3) is 1.43. The summed E-state index contributed by atoms with van der Waals surface area (Å²) in [6.45, 7) is 0. The highest BCUT2D eigenvalue weighted by molar-refractivity contribution is 5.11. The van der Waals surface area contributed by atoms with Gasteiger partial charge in [0.1, 0.15) is 0 Å². The van der Waals surface area contributed by atoms with Gasteiger partial charge in [-0.25, -0.2) is 0 Å². The molecule has 2 rings (SSSR count). The summed E-state index contributed by atoms with van der Waals surface area (Å²) in [6, 6.07) is 0.218. The third-order valence-corrected chi connectivity index (χ3v) is 1.33. The molecule has 13 heavy (non-hydrogen) atoms. The Morgan fingerprint density at radius 3 is 2.54 bits per heavy atom. The normalized spacial score (nSPS) is 9.92. The lowest BCUT2D eigenvalue weighted by atomic mass is 10.7. The van der Waals surface area contributed by atoms with Crippen LogP contribution in [0.2, 0.25) is 0 Å². The molecule has 2 aromatic heterocycles. The molecule has 0 unspecified atom stereocenters.